The van der Waals surface area contributed by atoms with Crippen LogP contribution in [0, 0.1) is 6.92 Å². The van der Waals surface area contributed by atoms with Crippen LogP contribution in [0.15, 0.2) is 10.2 Å². The second kappa shape index (κ2) is 4.68. The summed E-state index contributed by atoms with van der Waals surface area (Å²) < 4.78 is 8.41. The number of aromatic nitrogens is 2. The molecule has 0 saturated carbocycles. The first-order chi connectivity index (χ1) is 7.97. The minimum Gasteiger partial charge on any atom is -0.464 e. The lowest BCUT2D eigenvalue weighted by molar-refractivity contribution is -0.0381. The number of rotatable bonds is 2. The van der Waals surface area contributed by atoms with Crippen LogP contribution in [0.25, 0.3) is 0 Å². The Morgan fingerprint density at radius 2 is 2.29 bits per heavy atom. The third kappa shape index (κ3) is 2.40. The summed E-state index contributed by atoms with van der Waals surface area (Å²) in [5.41, 5.74) is 1.28. The normalized spacial score (nSPS) is 23.9. The maximum Gasteiger partial charge on any atom is 0.262 e. The summed E-state index contributed by atoms with van der Waals surface area (Å²) in [4.78, 5) is 5.25. The number of alkyl halides is 1. The molecular weight excluding hydrogens is 353 g/mol. The highest BCUT2D eigenvalue weighted by molar-refractivity contribution is 14.1. The lowest BCUT2D eigenvalue weighted by atomic mass is 10.1. The molecule has 1 aromatic rings. The van der Waals surface area contributed by atoms with Crippen molar-refractivity contribution in [2.24, 2.45) is 12.2 Å². The smallest absolute Gasteiger partial charge is 0.262 e. The van der Waals surface area contributed by atoms with Crippen LogP contribution >= 0.6 is 35.2 Å². The summed E-state index contributed by atoms with van der Waals surface area (Å²) in [5, 5.41) is 8.97. The van der Waals surface area contributed by atoms with Gasteiger partial charge in [-0.05, 0) is 19.0 Å². The molecule has 2 rings (SSSR count). The Kier molecular flexibility index (Phi) is 3.58. The van der Waals surface area contributed by atoms with Crippen molar-refractivity contribution in [1.82, 2.24) is 9.78 Å². The standard InChI is InChI=1S/C10H14IN3O2S/c1-6-7(9(17)14(3)12-6)8-13-15-5-10(2,4-11)16-8/h17H,4-5H2,1-3H3. The average molecular weight is 367 g/mol. The zero-order valence-electron chi connectivity index (χ0n) is 9.90. The molecule has 1 atom stereocenters. The minimum atomic E-state index is -0.347. The SMILES string of the molecule is Cc1nn(C)c(S)c1C1=NOCC(C)(CI)O1. The number of hydrogen-bond acceptors (Lipinski definition) is 5. The van der Waals surface area contributed by atoms with Crippen LogP contribution in [0.5, 0.6) is 0 Å². The third-order valence-corrected chi connectivity index (χ3v) is 4.68. The van der Waals surface area contributed by atoms with Crippen LogP contribution in [0.4, 0.5) is 0 Å². The number of aryl methyl sites for hydroxylation is 2. The first kappa shape index (κ1) is 13.0. The monoisotopic (exact) mass is 367 g/mol. The van der Waals surface area contributed by atoms with Gasteiger partial charge in [0.2, 0.25) is 0 Å². The van der Waals surface area contributed by atoms with Gasteiger partial charge in [-0.25, -0.2) is 0 Å². The zero-order valence-corrected chi connectivity index (χ0v) is 12.9. The van der Waals surface area contributed by atoms with E-state index in [9.17, 15) is 0 Å². The van der Waals surface area contributed by atoms with Gasteiger partial charge in [0.05, 0.1) is 11.3 Å². The maximum atomic E-state index is 5.90. The summed E-state index contributed by atoms with van der Waals surface area (Å²) in [6.07, 6.45) is 0. The van der Waals surface area contributed by atoms with Gasteiger partial charge in [-0.15, -0.1) is 12.6 Å². The molecule has 94 valence electrons. The van der Waals surface area contributed by atoms with Crippen molar-refractivity contribution < 1.29 is 9.57 Å². The van der Waals surface area contributed by atoms with E-state index in [0.29, 0.717) is 12.5 Å². The second-order valence-corrected chi connectivity index (χ2v) is 5.45. The van der Waals surface area contributed by atoms with Crippen molar-refractivity contribution >= 4 is 41.1 Å². The highest BCUT2D eigenvalue weighted by Crippen LogP contribution is 2.26. The summed E-state index contributed by atoms with van der Waals surface area (Å²) in [5.74, 6) is 0.464. The molecule has 1 aliphatic rings. The van der Waals surface area contributed by atoms with Crippen LogP contribution in [-0.4, -0.2) is 32.3 Å². The van der Waals surface area contributed by atoms with E-state index in [-0.39, 0.29) is 5.60 Å². The van der Waals surface area contributed by atoms with E-state index in [2.05, 4.69) is 45.5 Å². The van der Waals surface area contributed by atoms with Gasteiger partial charge in [0.15, 0.2) is 12.2 Å². The van der Waals surface area contributed by atoms with E-state index in [1.807, 2.05) is 20.9 Å². The molecule has 0 aliphatic carbocycles. The third-order valence-electron chi connectivity index (χ3n) is 2.55. The molecule has 0 fully saturated rings. The van der Waals surface area contributed by atoms with Gasteiger partial charge < -0.3 is 9.57 Å². The fraction of sp³-hybridized carbons (Fsp3) is 0.600. The Bertz CT molecular complexity index is 474. The predicted octanol–water partition coefficient (Wildman–Crippen LogP) is 1.92. The van der Waals surface area contributed by atoms with Crippen LogP contribution in [0.2, 0.25) is 0 Å². The van der Waals surface area contributed by atoms with Crippen LogP contribution in [0.3, 0.4) is 0 Å². The Labute approximate surface area is 119 Å². The van der Waals surface area contributed by atoms with Gasteiger partial charge in [-0.1, -0.05) is 22.6 Å². The van der Waals surface area contributed by atoms with Gasteiger partial charge >= 0.3 is 0 Å². The van der Waals surface area contributed by atoms with E-state index in [4.69, 9.17) is 9.57 Å². The highest BCUT2D eigenvalue weighted by Gasteiger charge is 2.34. The Morgan fingerprint density at radius 1 is 1.59 bits per heavy atom. The molecule has 0 N–H and O–H groups in total. The summed E-state index contributed by atoms with van der Waals surface area (Å²) in [7, 11) is 1.83. The molecule has 2 heterocycles. The molecule has 1 unspecified atom stereocenters. The van der Waals surface area contributed by atoms with Crippen LogP contribution in [0.1, 0.15) is 18.2 Å². The summed E-state index contributed by atoms with van der Waals surface area (Å²) in [6.45, 7) is 4.36. The first-order valence-electron chi connectivity index (χ1n) is 5.15. The zero-order chi connectivity index (χ0) is 12.6. The van der Waals surface area contributed by atoms with Crippen molar-refractivity contribution in [3.63, 3.8) is 0 Å². The van der Waals surface area contributed by atoms with E-state index in [1.165, 1.54) is 0 Å². The first-order valence-corrected chi connectivity index (χ1v) is 7.12. The number of oxime groups is 1. The number of halogens is 1. The molecule has 0 saturated heterocycles. The summed E-state index contributed by atoms with van der Waals surface area (Å²) >= 11 is 6.69. The molecule has 17 heavy (non-hydrogen) atoms. The van der Waals surface area contributed by atoms with E-state index < -0.39 is 0 Å². The van der Waals surface area contributed by atoms with Gasteiger partial charge in [0, 0.05) is 11.5 Å². The fourth-order valence-electron chi connectivity index (χ4n) is 1.57. The quantitative estimate of drug-likeness (QED) is 0.494. The van der Waals surface area contributed by atoms with Gasteiger partial charge in [0.1, 0.15) is 5.03 Å². The van der Waals surface area contributed by atoms with E-state index in [1.54, 1.807) is 4.68 Å². The Morgan fingerprint density at radius 3 is 2.82 bits per heavy atom. The number of ether oxygens (including phenoxy) is 1. The lowest BCUT2D eigenvalue weighted by Crippen LogP contribution is -2.41. The van der Waals surface area contributed by atoms with Gasteiger partial charge in [-0.2, -0.15) is 5.10 Å². The second-order valence-electron chi connectivity index (χ2n) is 4.26. The molecule has 0 bridgehead atoms. The Hall–Kier alpha value is -0.440. The van der Waals surface area contributed by atoms with Gasteiger partial charge in [-0.3, -0.25) is 4.68 Å². The lowest BCUT2D eigenvalue weighted by Gasteiger charge is -2.31. The van der Waals surface area contributed by atoms with Crippen molar-refractivity contribution in [2.75, 3.05) is 11.0 Å². The topological polar surface area (TPSA) is 48.6 Å². The van der Waals surface area contributed by atoms with Crippen LogP contribution in [-0.2, 0) is 16.6 Å². The predicted molar refractivity (Wildman–Crippen MR) is 76.1 cm³/mol. The molecule has 7 heteroatoms. The average Bonchev–Trinajstić information content (AvgIpc) is 2.53. The van der Waals surface area contributed by atoms with E-state index >= 15 is 0 Å². The fourth-order valence-corrected chi connectivity index (χ4v) is 2.25. The van der Waals surface area contributed by atoms with Crippen molar-refractivity contribution in [3.05, 3.63) is 11.3 Å². The van der Waals surface area contributed by atoms with Crippen molar-refractivity contribution in [2.45, 2.75) is 24.5 Å². The molecule has 0 spiro atoms. The summed E-state index contributed by atoms with van der Waals surface area (Å²) in [6, 6.07) is 0. The molecule has 5 nitrogen and oxygen atoms in total. The molecule has 0 aromatic carbocycles. The van der Waals surface area contributed by atoms with Crippen molar-refractivity contribution in [3.8, 4) is 0 Å². The minimum absolute atomic E-state index is 0.347. The molecule has 1 aromatic heterocycles. The number of nitrogens with zero attached hydrogens (tertiary/aromatic N) is 3. The maximum absolute atomic E-state index is 5.90. The molecule has 0 radical (unpaired) electrons. The molecule has 1 aliphatic heterocycles. The largest absolute Gasteiger partial charge is 0.464 e. The van der Waals surface area contributed by atoms with Crippen molar-refractivity contribution in [1.29, 1.82) is 0 Å². The van der Waals surface area contributed by atoms with Crippen LogP contribution < -0.4 is 0 Å². The Balaban J connectivity index is 2.38. The molecular formula is C10H14IN3O2S. The highest BCUT2D eigenvalue weighted by atomic mass is 127. The number of hydrogen-bond donors (Lipinski definition) is 1. The van der Waals surface area contributed by atoms with E-state index in [0.717, 1.165) is 20.7 Å². The molecule has 0 amide bonds. The van der Waals surface area contributed by atoms with Gasteiger partial charge in [0.25, 0.3) is 5.90 Å². The number of thiol groups is 1.